The van der Waals surface area contributed by atoms with Gasteiger partial charge in [-0.2, -0.15) is 4.98 Å². The van der Waals surface area contributed by atoms with Gasteiger partial charge in [-0.15, -0.1) is 0 Å². The molecular formula is C21H21N3O4. The van der Waals surface area contributed by atoms with Crippen LogP contribution in [0.5, 0.6) is 0 Å². The molecule has 3 rings (SSSR count). The van der Waals surface area contributed by atoms with Crippen molar-refractivity contribution in [3.05, 3.63) is 71.6 Å². The summed E-state index contributed by atoms with van der Waals surface area (Å²) in [5, 5.41) is 6.50. The van der Waals surface area contributed by atoms with Gasteiger partial charge in [0.2, 0.25) is 5.82 Å². The van der Waals surface area contributed by atoms with Crippen LogP contribution in [0.15, 0.2) is 59.1 Å². The number of esters is 1. The van der Waals surface area contributed by atoms with Crippen LogP contribution < -0.4 is 5.32 Å². The number of amides is 1. The van der Waals surface area contributed by atoms with Gasteiger partial charge in [0.1, 0.15) is 6.04 Å². The van der Waals surface area contributed by atoms with E-state index in [4.69, 9.17) is 9.26 Å². The summed E-state index contributed by atoms with van der Waals surface area (Å²) in [6.07, 6.45) is 0.951. The highest BCUT2D eigenvalue weighted by atomic mass is 16.6. The lowest BCUT2D eigenvalue weighted by molar-refractivity contribution is -0.147. The lowest BCUT2D eigenvalue weighted by Gasteiger charge is -2.12. The molecule has 1 amide bonds. The van der Waals surface area contributed by atoms with Gasteiger partial charge < -0.3 is 14.6 Å². The van der Waals surface area contributed by atoms with E-state index in [2.05, 4.69) is 22.4 Å². The molecule has 0 bridgehead atoms. The van der Waals surface area contributed by atoms with E-state index >= 15 is 0 Å². The van der Waals surface area contributed by atoms with Crippen molar-refractivity contribution in [1.82, 2.24) is 15.5 Å². The van der Waals surface area contributed by atoms with E-state index in [1.807, 2.05) is 30.3 Å². The fourth-order valence-electron chi connectivity index (χ4n) is 2.51. The van der Waals surface area contributed by atoms with E-state index < -0.39 is 12.0 Å². The molecule has 3 aromatic rings. The first-order chi connectivity index (χ1) is 13.6. The number of ether oxygens (including phenoxy) is 1. The van der Waals surface area contributed by atoms with Gasteiger partial charge in [-0.05, 0) is 31.0 Å². The van der Waals surface area contributed by atoms with Crippen molar-refractivity contribution in [3.63, 3.8) is 0 Å². The minimum Gasteiger partial charge on any atom is -0.454 e. The normalized spacial score (nSPS) is 11.6. The number of carbonyl (C=O) groups excluding carboxylic acids is 2. The fraction of sp³-hybridized carbons (Fsp3) is 0.238. The SMILES string of the molecule is CCc1ccc(-c2noc(COC(=O)[C@H](C)NC(=O)c3ccccc3)n2)cc1. The van der Waals surface area contributed by atoms with Crippen molar-refractivity contribution in [2.24, 2.45) is 0 Å². The third kappa shape index (κ3) is 4.82. The number of nitrogens with zero attached hydrogens (tertiary/aromatic N) is 2. The summed E-state index contributed by atoms with van der Waals surface area (Å²) >= 11 is 0. The van der Waals surface area contributed by atoms with Crippen LogP contribution in [0.25, 0.3) is 11.4 Å². The summed E-state index contributed by atoms with van der Waals surface area (Å²) < 4.78 is 10.3. The van der Waals surface area contributed by atoms with E-state index in [9.17, 15) is 9.59 Å². The summed E-state index contributed by atoms with van der Waals surface area (Å²) in [6, 6.07) is 15.7. The van der Waals surface area contributed by atoms with Crippen molar-refractivity contribution >= 4 is 11.9 Å². The number of aryl methyl sites for hydroxylation is 1. The third-order valence-corrected chi connectivity index (χ3v) is 4.16. The molecule has 0 saturated carbocycles. The number of aromatic nitrogens is 2. The van der Waals surface area contributed by atoms with E-state index in [0.717, 1.165) is 12.0 Å². The predicted octanol–water partition coefficient (Wildman–Crippen LogP) is 3.16. The molecule has 1 heterocycles. The number of carbonyl (C=O) groups is 2. The summed E-state index contributed by atoms with van der Waals surface area (Å²) in [6.45, 7) is 3.47. The second-order valence-electron chi connectivity index (χ2n) is 6.23. The van der Waals surface area contributed by atoms with Crippen molar-refractivity contribution in [3.8, 4) is 11.4 Å². The lowest BCUT2D eigenvalue weighted by Crippen LogP contribution is -2.39. The first-order valence-electron chi connectivity index (χ1n) is 9.01. The molecule has 0 saturated heterocycles. The van der Waals surface area contributed by atoms with Crippen LogP contribution in [0.1, 0.15) is 35.7 Å². The zero-order valence-electron chi connectivity index (χ0n) is 15.7. The molecule has 0 spiro atoms. The Labute approximate surface area is 162 Å². The zero-order chi connectivity index (χ0) is 19.9. The molecular weight excluding hydrogens is 358 g/mol. The number of benzene rings is 2. The third-order valence-electron chi connectivity index (χ3n) is 4.16. The van der Waals surface area contributed by atoms with Gasteiger partial charge in [-0.3, -0.25) is 4.79 Å². The van der Waals surface area contributed by atoms with Crippen LogP contribution >= 0.6 is 0 Å². The molecule has 0 unspecified atom stereocenters. The quantitative estimate of drug-likeness (QED) is 0.634. The molecule has 7 nitrogen and oxygen atoms in total. The number of hydrogen-bond donors (Lipinski definition) is 1. The molecule has 0 aliphatic carbocycles. The van der Waals surface area contributed by atoms with E-state index in [-0.39, 0.29) is 18.4 Å². The molecule has 144 valence electrons. The van der Waals surface area contributed by atoms with Crippen molar-refractivity contribution < 1.29 is 18.8 Å². The minimum absolute atomic E-state index is 0.162. The summed E-state index contributed by atoms with van der Waals surface area (Å²) in [4.78, 5) is 28.4. The van der Waals surface area contributed by atoms with Crippen molar-refractivity contribution in [2.75, 3.05) is 0 Å². The Bertz CT molecular complexity index is 936. The highest BCUT2D eigenvalue weighted by molar-refractivity contribution is 5.96. The molecule has 0 aliphatic rings. The maximum absolute atomic E-state index is 12.1. The van der Waals surface area contributed by atoms with Gasteiger partial charge in [-0.25, -0.2) is 4.79 Å². The first kappa shape index (κ1) is 19.3. The molecule has 1 aromatic heterocycles. The van der Waals surface area contributed by atoms with Gasteiger partial charge in [0, 0.05) is 11.1 Å². The van der Waals surface area contributed by atoms with Crippen LogP contribution in [0.3, 0.4) is 0 Å². The lowest BCUT2D eigenvalue weighted by atomic mass is 10.1. The highest BCUT2D eigenvalue weighted by Gasteiger charge is 2.19. The fourth-order valence-corrected chi connectivity index (χ4v) is 2.51. The van der Waals surface area contributed by atoms with E-state index in [1.165, 1.54) is 5.56 Å². The van der Waals surface area contributed by atoms with Crippen molar-refractivity contribution in [2.45, 2.75) is 32.9 Å². The zero-order valence-corrected chi connectivity index (χ0v) is 15.7. The predicted molar refractivity (Wildman–Crippen MR) is 102 cm³/mol. The topological polar surface area (TPSA) is 94.3 Å². The maximum atomic E-state index is 12.1. The molecule has 2 aromatic carbocycles. The standard InChI is InChI=1S/C21H21N3O4/c1-3-15-9-11-16(12-10-15)19-23-18(28-24-19)13-27-21(26)14(2)22-20(25)17-7-5-4-6-8-17/h4-12,14H,3,13H2,1-2H3,(H,22,25)/t14-/m0/s1. The monoisotopic (exact) mass is 379 g/mol. The molecule has 28 heavy (non-hydrogen) atoms. The largest absolute Gasteiger partial charge is 0.454 e. The minimum atomic E-state index is -0.809. The van der Waals surface area contributed by atoms with Gasteiger partial charge in [0.15, 0.2) is 6.61 Å². The van der Waals surface area contributed by atoms with Gasteiger partial charge >= 0.3 is 5.97 Å². The first-order valence-corrected chi connectivity index (χ1v) is 9.01. The number of hydrogen-bond acceptors (Lipinski definition) is 6. The Hall–Kier alpha value is -3.48. The van der Waals surface area contributed by atoms with Crippen LogP contribution in [0, 0.1) is 0 Å². The average molecular weight is 379 g/mol. The molecule has 1 atom stereocenters. The van der Waals surface area contributed by atoms with E-state index in [1.54, 1.807) is 31.2 Å². The smallest absolute Gasteiger partial charge is 0.328 e. The Morgan fingerprint density at radius 3 is 2.50 bits per heavy atom. The molecule has 0 aliphatic heterocycles. The molecule has 1 N–H and O–H groups in total. The van der Waals surface area contributed by atoms with E-state index in [0.29, 0.717) is 11.4 Å². The second-order valence-corrected chi connectivity index (χ2v) is 6.23. The molecule has 0 radical (unpaired) electrons. The van der Waals surface area contributed by atoms with Gasteiger partial charge in [-0.1, -0.05) is 54.5 Å². The highest BCUT2D eigenvalue weighted by Crippen LogP contribution is 2.17. The summed E-state index contributed by atoms with van der Waals surface area (Å²) in [5.74, 6) is -0.319. The van der Waals surface area contributed by atoms with Crippen molar-refractivity contribution in [1.29, 1.82) is 0 Å². The second kappa shape index (κ2) is 8.94. The van der Waals surface area contributed by atoms with Crippen LogP contribution in [0.4, 0.5) is 0 Å². The van der Waals surface area contributed by atoms with Gasteiger partial charge in [0.05, 0.1) is 0 Å². The Morgan fingerprint density at radius 1 is 1.11 bits per heavy atom. The average Bonchev–Trinajstić information content (AvgIpc) is 3.21. The Kier molecular flexibility index (Phi) is 6.16. The van der Waals surface area contributed by atoms with Crippen LogP contribution in [-0.4, -0.2) is 28.1 Å². The maximum Gasteiger partial charge on any atom is 0.328 e. The number of rotatable bonds is 7. The van der Waals surface area contributed by atoms with Gasteiger partial charge in [0.25, 0.3) is 11.8 Å². The Balaban J connectivity index is 1.53. The summed E-state index contributed by atoms with van der Waals surface area (Å²) in [7, 11) is 0. The van der Waals surface area contributed by atoms with Crippen LogP contribution in [0.2, 0.25) is 0 Å². The Morgan fingerprint density at radius 2 is 1.82 bits per heavy atom. The summed E-state index contributed by atoms with van der Waals surface area (Å²) in [5.41, 5.74) is 2.51. The van der Waals surface area contributed by atoms with Crippen LogP contribution in [-0.2, 0) is 22.6 Å². The molecule has 0 fully saturated rings. The molecule has 7 heteroatoms. The number of nitrogens with one attached hydrogen (secondary N) is 1.